The molecule has 0 aliphatic carbocycles. The summed E-state index contributed by atoms with van der Waals surface area (Å²) in [6.45, 7) is 1.79. The lowest BCUT2D eigenvalue weighted by Gasteiger charge is -2.06. The first-order valence-corrected chi connectivity index (χ1v) is 4.20. The van der Waals surface area contributed by atoms with Crippen LogP contribution in [0.4, 0.5) is 4.39 Å². The Kier molecular flexibility index (Phi) is 3.45. The zero-order chi connectivity index (χ0) is 10.6. The van der Waals surface area contributed by atoms with Crippen molar-refractivity contribution in [1.82, 2.24) is 0 Å². The van der Waals surface area contributed by atoms with Crippen molar-refractivity contribution in [2.24, 2.45) is 0 Å². The molecule has 3 nitrogen and oxygen atoms in total. The number of hydrogen-bond acceptors (Lipinski definition) is 2. The molecule has 0 aromatic heterocycles. The van der Waals surface area contributed by atoms with Crippen LogP contribution in [-0.4, -0.2) is 17.7 Å². The van der Waals surface area contributed by atoms with Gasteiger partial charge in [0.2, 0.25) is 0 Å². The van der Waals surface area contributed by atoms with Gasteiger partial charge in [-0.25, -0.2) is 4.39 Å². The summed E-state index contributed by atoms with van der Waals surface area (Å²) in [5.41, 5.74) is 0.872. The first kappa shape index (κ1) is 10.5. The minimum Gasteiger partial charge on any atom is -0.490 e. The molecular formula is C10H11FO3. The van der Waals surface area contributed by atoms with Gasteiger partial charge in [-0.2, -0.15) is 0 Å². The van der Waals surface area contributed by atoms with Gasteiger partial charge < -0.3 is 9.84 Å². The molecule has 0 spiro atoms. The van der Waals surface area contributed by atoms with Gasteiger partial charge in [0, 0.05) is 0 Å². The van der Waals surface area contributed by atoms with Crippen molar-refractivity contribution in [3.8, 4) is 5.75 Å². The number of rotatable bonds is 4. The molecule has 0 aliphatic heterocycles. The fourth-order valence-corrected chi connectivity index (χ4v) is 0.969. The van der Waals surface area contributed by atoms with Gasteiger partial charge >= 0.3 is 5.97 Å². The molecule has 76 valence electrons. The first-order chi connectivity index (χ1) is 6.59. The molecule has 1 N–H and O–H groups in total. The van der Waals surface area contributed by atoms with Gasteiger partial charge in [0.15, 0.2) is 11.6 Å². The van der Waals surface area contributed by atoms with Crippen LogP contribution in [0.25, 0.3) is 0 Å². The number of halogens is 1. The van der Waals surface area contributed by atoms with Crippen LogP contribution in [0.5, 0.6) is 5.75 Å². The highest BCUT2D eigenvalue weighted by Gasteiger charge is 2.04. The number of carboxylic acids is 1. The lowest BCUT2D eigenvalue weighted by molar-refractivity contribution is -0.137. The predicted octanol–water partition coefficient (Wildman–Crippen LogP) is 1.99. The van der Waals surface area contributed by atoms with E-state index in [1.807, 2.05) is 6.92 Å². The number of aliphatic carboxylic acids is 1. The van der Waals surface area contributed by atoms with E-state index in [-0.39, 0.29) is 18.8 Å². The zero-order valence-corrected chi connectivity index (χ0v) is 7.79. The van der Waals surface area contributed by atoms with E-state index < -0.39 is 11.8 Å². The topological polar surface area (TPSA) is 46.5 Å². The number of carbonyl (C=O) groups is 1. The van der Waals surface area contributed by atoms with Gasteiger partial charge in [0.05, 0.1) is 13.0 Å². The summed E-state index contributed by atoms with van der Waals surface area (Å²) in [4.78, 5) is 10.2. The van der Waals surface area contributed by atoms with Crippen LogP contribution >= 0.6 is 0 Å². The molecule has 0 fully saturated rings. The van der Waals surface area contributed by atoms with Crippen LogP contribution in [0.3, 0.4) is 0 Å². The molecule has 0 heterocycles. The quantitative estimate of drug-likeness (QED) is 0.804. The van der Waals surface area contributed by atoms with Crippen molar-refractivity contribution in [2.45, 2.75) is 13.3 Å². The zero-order valence-electron chi connectivity index (χ0n) is 7.79. The highest BCUT2D eigenvalue weighted by molar-refractivity contribution is 5.66. The molecule has 14 heavy (non-hydrogen) atoms. The van der Waals surface area contributed by atoms with Crippen LogP contribution in [0.15, 0.2) is 18.2 Å². The third-order valence-electron chi connectivity index (χ3n) is 1.66. The van der Waals surface area contributed by atoms with Crippen molar-refractivity contribution in [1.29, 1.82) is 0 Å². The summed E-state index contributed by atoms with van der Waals surface area (Å²) < 4.78 is 18.0. The van der Waals surface area contributed by atoms with Crippen molar-refractivity contribution in [3.05, 3.63) is 29.6 Å². The van der Waals surface area contributed by atoms with Gasteiger partial charge in [-0.1, -0.05) is 6.07 Å². The normalized spacial score (nSPS) is 9.86. The van der Waals surface area contributed by atoms with Crippen LogP contribution in [0.2, 0.25) is 0 Å². The minimum absolute atomic E-state index is 0.0181. The maximum absolute atomic E-state index is 13.0. The van der Waals surface area contributed by atoms with Crippen LogP contribution in [0.1, 0.15) is 12.0 Å². The standard InChI is InChI=1S/C10H11FO3/c1-7-2-3-8(11)9(6-7)14-5-4-10(12)13/h2-3,6H,4-5H2,1H3,(H,12,13). The van der Waals surface area contributed by atoms with E-state index in [0.717, 1.165) is 5.56 Å². The Hall–Kier alpha value is -1.58. The monoisotopic (exact) mass is 198 g/mol. The molecule has 1 aromatic rings. The lowest BCUT2D eigenvalue weighted by atomic mass is 10.2. The fraction of sp³-hybridized carbons (Fsp3) is 0.300. The minimum atomic E-state index is -0.960. The number of benzene rings is 1. The summed E-state index contributed by atoms with van der Waals surface area (Å²) in [7, 11) is 0. The third-order valence-corrected chi connectivity index (χ3v) is 1.66. The summed E-state index contributed by atoms with van der Waals surface area (Å²) in [5.74, 6) is -1.33. The van der Waals surface area contributed by atoms with Crippen LogP contribution in [0, 0.1) is 12.7 Å². The van der Waals surface area contributed by atoms with Gasteiger partial charge in [-0.3, -0.25) is 4.79 Å². The van der Waals surface area contributed by atoms with Gasteiger partial charge in [0.1, 0.15) is 0 Å². The molecule has 0 saturated carbocycles. The Balaban J connectivity index is 2.57. The second-order valence-electron chi connectivity index (χ2n) is 2.93. The van der Waals surface area contributed by atoms with Crippen molar-refractivity contribution >= 4 is 5.97 Å². The second kappa shape index (κ2) is 4.60. The average Bonchev–Trinajstić information content (AvgIpc) is 2.10. The van der Waals surface area contributed by atoms with Gasteiger partial charge in [0.25, 0.3) is 0 Å². The van der Waals surface area contributed by atoms with Gasteiger partial charge in [-0.15, -0.1) is 0 Å². The maximum atomic E-state index is 13.0. The highest BCUT2D eigenvalue weighted by Crippen LogP contribution is 2.18. The molecule has 0 bridgehead atoms. The summed E-state index contributed by atoms with van der Waals surface area (Å²) >= 11 is 0. The Morgan fingerprint density at radius 3 is 2.93 bits per heavy atom. The molecule has 0 unspecified atom stereocenters. The molecule has 0 radical (unpaired) electrons. The Bertz CT molecular complexity index is 336. The fourth-order valence-electron chi connectivity index (χ4n) is 0.969. The third kappa shape index (κ3) is 3.05. The highest BCUT2D eigenvalue weighted by atomic mass is 19.1. The molecule has 0 amide bonds. The van der Waals surface area contributed by atoms with E-state index in [2.05, 4.69) is 0 Å². The van der Waals surface area contributed by atoms with E-state index in [1.165, 1.54) is 12.1 Å². The average molecular weight is 198 g/mol. The SMILES string of the molecule is Cc1ccc(F)c(OCCC(=O)O)c1. The first-order valence-electron chi connectivity index (χ1n) is 4.20. The Labute approximate surface area is 81.1 Å². The van der Waals surface area contributed by atoms with E-state index in [4.69, 9.17) is 9.84 Å². The molecule has 1 rings (SSSR count). The number of carboxylic acid groups (broad SMARTS) is 1. The second-order valence-corrected chi connectivity index (χ2v) is 2.93. The van der Waals surface area contributed by atoms with Crippen molar-refractivity contribution < 1.29 is 19.0 Å². The van der Waals surface area contributed by atoms with E-state index in [1.54, 1.807) is 6.07 Å². The summed E-state index contributed by atoms with van der Waals surface area (Å²) in [6, 6.07) is 4.46. The lowest BCUT2D eigenvalue weighted by Crippen LogP contribution is -2.05. The van der Waals surface area contributed by atoms with Gasteiger partial charge in [-0.05, 0) is 24.6 Å². The Morgan fingerprint density at radius 2 is 2.29 bits per heavy atom. The largest absolute Gasteiger partial charge is 0.490 e. The molecular weight excluding hydrogens is 187 g/mol. The van der Waals surface area contributed by atoms with E-state index >= 15 is 0 Å². The number of ether oxygens (including phenoxy) is 1. The molecule has 0 saturated heterocycles. The maximum Gasteiger partial charge on any atom is 0.306 e. The van der Waals surface area contributed by atoms with Crippen LogP contribution in [-0.2, 0) is 4.79 Å². The number of aryl methyl sites for hydroxylation is 1. The summed E-state index contributed by atoms with van der Waals surface area (Å²) in [5, 5.41) is 8.34. The summed E-state index contributed by atoms with van der Waals surface area (Å²) in [6.07, 6.45) is -0.132. The molecule has 4 heteroatoms. The molecule has 0 atom stereocenters. The van der Waals surface area contributed by atoms with Crippen LogP contribution < -0.4 is 4.74 Å². The molecule has 1 aromatic carbocycles. The molecule has 0 aliphatic rings. The van der Waals surface area contributed by atoms with E-state index in [9.17, 15) is 9.18 Å². The van der Waals surface area contributed by atoms with Crippen molar-refractivity contribution in [2.75, 3.05) is 6.61 Å². The smallest absolute Gasteiger partial charge is 0.306 e. The van der Waals surface area contributed by atoms with Crippen molar-refractivity contribution in [3.63, 3.8) is 0 Å². The Morgan fingerprint density at radius 1 is 1.57 bits per heavy atom. The van der Waals surface area contributed by atoms with E-state index in [0.29, 0.717) is 0 Å². The number of hydrogen-bond donors (Lipinski definition) is 1. The predicted molar refractivity (Wildman–Crippen MR) is 48.9 cm³/mol.